The van der Waals surface area contributed by atoms with Gasteiger partial charge < -0.3 is 9.80 Å². The number of thiazole rings is 1. The molecule has 1 amide bonds. The summed E-state index contributed by atoms with van der Waals surface area (Å²) >= 11 is 7.24. The number of carbonyl (C=O) groups excluding carboxylic acids is 1. The fourth-order valence-corrected chi connectivity index (χ4v) is 3.38. The van der Waals surface area contributed by atoms with Gasteiger partial charge >= 0.3 is 0 Å². The highest BCUT2D eigenvalue weighted by atomic mass is 35.5. The van der Waals surface area contributed by atoms with Crippen LogP contribution in [-0.2, 0) is 17.1 Å². The van der Waals surface area contributed by atoms with Gasteiger partial charge in [-0.3, -0.25) is 4.79 Å². The van der Waals surface area contributed by atoms with Crippen LogP contribution >= 0.6 is 22.9 Å². The molecule has 0 radical (unpaired) electrons. The summed E-state index contributed by atoms with van der Waals surface area (Å²) in [6.45, 7) is 1.71. The van der Waals surface area contributed by atoms with Crippen molar-refractivity contribution in [3.63, 3.8) is 0 Å². The van der Waals surface area contributed by atoms with Crippen LogP contribution in [0.1, 0.15) is 23.5 Å². The van der Waals surface area contributed by atoms with E-state index in [2.05, 4.69) is 24.0 Å². The number of hydrogen-bond acceptors (Lipinski definition) is 4. The van der Waals surface area contributed by atoms with Gasteiger partial charge in [-0.2, -0.15) is 0 Å². The molecule has 0 unspecified atom stereocenters. The van der Waals surface area contributed by atoms with Gasteiger partial charge in [0, 0.05) is 24.5 Å². The predicted molar refractivity (Wildman–Crippen MR) is 78.7 cm³/mol. The fourth-order valence-electron chi connectivity index (χ4n) is 2.36. The topological polar surface area (TPSA) is 36.4 Å². The Morgan fingerprint density at radius 1 is 1.53 bits per heavy atom. The average molecular weight is 302 g/mol. The lowest BCUT2D eigenvalue weighted by molar-refractivity contribution is -0.131. The van der Waals surface area contributed by atoms with Crippen molar-refractivity contribution in [2.24, 2.45) is 0 Å². The Kier molecular flexibility index (Phi) is 5.19. The Morgan fingerprint density at radius 3 is 2.74 bits per heavy atom. The molecule has 1 fully saturated rings. The number of nitrogens with zero attached hydrogens (tertiary/aromatic N) is 3. The van der Waals surface area contributed by atoms with E-state index < -0.39 is 0 Å². The molecule has 1 aliphatic heterocycles. The summed E-state index contributed by atoms with van der Waals surface area (Å²) in [5, 5.41) is 2.80. The molecule has 0 bridgehead atoms. The molecule has 6 heteroatoms. The normalized spacial score (nSPS) is 17.2. The molecule has 0 saturated carbocycles. The maximum Gasteiger partial charge on any atom is 0.229 e. The van der Waals surface area contributed by atoms with Crippen LogP contribution in [0.5, 0.6) is 0 Å². The van der Waals surface area contributed by atoms with Crippen LogP contribution in [0.15, 0.2) is 5.38 Å². The summed E-state index contributed by atoms with van der Waals surface area (Å²) in [5.74, 6) is 0.603. The monoisotopic (exact) mass is 301 g/mol. The number of hydrogen-bond donors (Lipinski definition) is 0. The summed E-state index contributed by atoms with van der Waals surface area (Å²) in [7, 11) is 4.21. The summed E-state index contributed by atoms with van der Waals surface area (Å²) in [5.41, 5.74) is 0.862. The van der Waals surface area contributed by atoms with E-state index in [0.29, 0.717) is 18.3 Å². The van der Waals surface area contributed by atoms with Crippen LogP contribution in [0, 0.1) is 0 Å². The Hall–Kier alpha value is -0.650. The van der Waals surface area contributed by atoms with Gasteiger partial charge in [0.15, 0.2) is 0 Å². The third-order valence-corrected chi connectivity index (χ3v) is 4.76. The van der Waals surface area contributed by atoms with Gasteiger partial charge in [-0.05, 0) is 26.9 Å². The minimum atomic E-state index is 0.188. The summed E-state index contributed by atoms with van der Waals surface area (Å²) in [6.07, 6.45) is 2.53. The van der Waals surface area contributed by atoms with Crippen LogP contribution in [0.25, 0.3) is 0 Å². The first kappa shape index (κ1) is 14.8. The minimum absolute atomic E-state index is 0.188. The van der Waals surface area contributed by atoms with E-state index in [1.54, 1.807) is 0 Å². The van der Waals surface area contributed by atoms with Crippen molar-refractivity contribution in [3.8, 4) is 0 Å². The van der Waals surface area contributed by atoms with Gasteiger partial charge in [-0.25, -0.2) is 4.98 Å². The molecular weight excluding hydrogens is 282 g/mol. The Bertz CT molecular complexity index is 427. The van der Waals surface area contributed by atoms with E-state index in [1.165, 1.54) is 11.3 Å². The van der Waals surface area contributed by atoms with Gasteiger partial charge in [0.1, 0.15) is 5.01 Å². The molecule has 0 aromatic carbocycles. The standard InChI is InChI=1S/C13H20ClN3OS/c1-16(2)11-3-5-17(6-4-11)13(18)7-12-15-10(8-14)9-19-12/h9,11H,3-8H2,1-2H3. The van der Waals surface area contributed by atoms with Gasteiger partial charge in [-0.15, -0.1) is 22.9 Å². The maximum atomic E-state index is 12.2. The summed E-state index contributed by atoms with van der Waals surface area (Å²) in [6, 6.07) is 0.603. The molecule has 2 rings (SSSR count). The molecule has 0 aliphatic carbocycles. The van der Waals surface area contributed by atoms with Crippen LogP contribution < -0.4 is 0 Å². The number of alkyl halides is 1. The molecule has 0 N–H and O–H groups in total. The smallest absolute Gasteiger partial charge is 0.229 e. The SMILES string of the molecule is CN(C)C1CCN(C(=O)Cc2nc(CCl)cs2)CC1. The van der Waals surface area contributed by atoms with Crippen molar-refractivity contribution < 1.29 is 4.79 Å². The van der Waals surface area contributed by atoms with Crippen molar-refractivity contribution in [1.29, 1.82) is 0 Å². The van der Waals surface area contributed by atoms with E-state index in [-0.39, 0.29) is 5.91 Å². The van der Waals surface area contributed by atoms with Crippen molar-refractivity contribution in [1.82, 2.24) is 14.8 Å². The highest BCUT2D eigenvalue weighted by molar-refractivity contribution is 7.09. The quantitative estimate of drug-likeness (QED) is 0.798. The van der Waals surface area contributed by atoms with Gasteiger partial charge in [0.05, 0.1) is 18.0 Å². The molecule has 4 nitrogen and oxygen atoms in total. The molecule has 1 saturated heterocycles. The van der Waals surface area contributed by atoms with E-state index in [4.69, 9.17) is 11.6 Å². The molecule has 19 heavy (non-hydrogen) atoms. The lowest BCUT2D eigenvalue weighted by Crippen LogP contribution is -2.44. The zero-order chi connectivity index (χ0) is 13.8. The molecule has 1 aromatic heterocycles. The van der Waals surface area contributed by atoms with Crippen molar-refractivity contribution in [3.05, 3.63) is 16.1 Å². The largest absolute Gasteiger partial charge is 0.342 e. The fraction of sp³-hybridized carbons (Fsp3) is 0.692. The molecule has 0 atom stereocenters. The number of rotatable bonds is 4. The van der Waals surface area contributed by atoms with Crippen molar-refractivity contribution in [2.75, 3.05) is 27.2 Å². The third kappa shape index (κ3) is 3.91. The Morgan fingerprint density at radius 2 is 2.21 bits per heavy atom. The number of aromatic nitrogens is 1. The van der Waals surface area contributed by atoms with Gasteiger partial charge in [0.2, 0.25) is 5.91 Å². The first-order valence-electron chi connectivity index (χ1n) is 6.53. The van der Waals surface area contributed by atoms with Crippen molar-refractivity contribution >= 4 is 28.8 Å². The molecular formula is C13H20ClN3OS. The van der Waals surface area contributed by atoms with E-state index in [9.17, 15) is 4.79 Å². The average Bonchev–Trinajstić information content (AvgIpc) is 2.86. The molecule has 1 aromatic rings. The highest BCUT2D eigenvalue weighted by Gasteiger charge is 2.24. The number of amides is 1. The second-order valence-corrected chi connectivity index (χ2v) is 6.33. The molecule has 106 valence electrons. The first-order chi connectivity index (χ1) is 9.10. The first-order valence-corrected chi connectivity index (χ1v) is 7.95. The molecule has 2 heterocycles. The summed E-state index contributed by atoms with van der Waals surface area (Å²) < 4.78 is 0. The van der Waals surface area contributed by atoms with Crippen LogP contribution in [0.4, 0.5) is 0 Å². The number of likely N-dealkylation sites (tertiary alicyclic amines) is 1. The lowest BCUT2D eigenvalue weighted by atomic mass is 10.0. The van der Waals surface area contributed by atoms with Gasteiger partial charge in [-0.1, -0.05) is 0 Å². The van der Waals surface area contributed by atoms with Crippen LogP contribution in [-0.4, -0.2) is 53.9 Å². The number of carbonyl (C=O) groups is 1. The Balaban J connectivity index is 1.84. The Labute approximate surface area is 123 Å². The van der Waals surface area contributed by atoms with Crippen LogP contribution in [0.2, 0.25) is 0 Å². The molecule has 0 spiro atoms. The number of halogens is 1. The van der Waals surface area contributed by atoms with E-state index in [1.807, 2.05) is 10.3 Å². The van der Waals surface area contributed by atoms with Gasteiger partial charge in [0.25, 0.3) is 0 Å². The predicted octanol–water partition coefficient (Wildman–Crippen LogP) is 1.98. The van der Waals surface area contributed by atoms with E-state index in [0.717, 1.165) is 36.6 Å². The lowest BCUT2D eigenvalue weighted by Gasteiger charge is -2.35. The highest BCUT2D eigenvalue weighted by Crippen LogP contribution is 2.17. The number of piperidine rings is 1. The zero-order valence-electron chi connectivity index (χ0n) is 11.4. The van der Waals surface area contributed by atoms with Crippen LogP contribution in [0.3, 0.4) is 0 Å². The van der Waals surface area contributed by atoms with E-state index >= 15 is 0 Å². The second-order valence-electron chi connectivity index (χ2n) is 5.12. The zero-order valence-corrected chi connectivity index (χ0v) is 13.0. The maximum absolute atomic E-state index is 12.2. The minimum Gasteiger partial charge on any atom is -0.342 e. The summed E-state index contributed by atoms with van der Waals surface area (Å²) in [4.78, 5) is 20.7. The second kappa shape index (κ2) is 6.68. The third-order valence-electron chi connectivity index (χ3n) is 3.59. The van der Waals surface area contributed by atoms with Crippen molar-refractivity contribution in [2.45, 2.75) is 31.2 Å². The molecule has 1 aliphatic rings.